The molecule has 0 bridgehead atoms. The van der Waals surface area contributed by atoms with Crippen LogP contribution in [-0.4, -0.2) is 11.9 Å². The minimum absolute atomic E-state index is 0. The Morgan fingerprint density at radius 3 is 2.20 bits per heavy atom. The lowest BCUT2D eigenvalue weighted by Gasteiger charge is -2.29. The second kappa shape index (κ2) is 7.46. The average Bonchev–Trinajstić information content (AvgIpc) is 2.99. The zero-order chi connectivity index (χ0) is 16.5. The molecule has 0 radical (unpaired) electrons. The summed E-state index contributed by atoms with van der Waals surface area (Å²) in [4.78, 5) is 12.6. The zero-order valence-corrected chi connectivity index (χ0v) is 14.8. The molecular formula is C20H23ClN2O2. The summed E-state index contributed by atoms with van der Waals surface area (Å²) in [6, 6.07) is 15.7. The number of nitrogens with two attached hydrogens (primary N) is 1. The van der Waals surface area contributed by atoms with E-state index in [0.29, 0.717) is 12.3 Å². The molecule has 2 aliphatic rings. The molecule has 2 aromatic rings. The highest BCUT2D eigenvalue weighted by atomic mass is 35.5. The number of carbonyl (C=O) groups excluding carboxylic acids is 1. The summed E-state index contributed by atoms with van der Waals surface area (Å²) in [5, 5.41) is 3.20. The van der Waals surface area contributed by atoms with E-state index in [0.717, 1.165) is 41.9 Å². The van der Waals surface area contributed by atoms with Crippen molar-refractivity contribution in [2.45, 2.75) is 37.8 Å². The highest BCUT2D eigenvalue weighted by Crippen LogP contribution is 2.42. The van der Waals surface area contributed by atoms with Crippen LogP contribution in [0.5, 0.6) is 11.5 Å². The van der Waals surface area contributed by atoms with Gasteiger partial charge in [-0.25, -0.2) is 0 Å². The van der Waals surface area contributed by atoms with Crippen molar-refractivity contribution in [3.05, 3.63) is 59.7 Å². The molecule has 0 spiro atoms. The summed E-state index contributed by atoms with van der Waals surface area (Å²) in [5.41, 5.74) is 8.11. The molecule has 1 fully saturated rings. The number of halogens is 1. The number of amides is 1. The van der Waals surface area contributed by atoms with Crippen LogP contribution in [0.1, 0.15) is 42.9 Å². The van der Waals surface area contributed by atoms with E-state index in [1.54, 1.807) is 0 Å². The van der Waals surface area contributed by atoms with E-state index in [4.69, 9.17) is 10.5 Å². The van der Waals surface area contributed by atoms with Crippen LogP contribution in [-0.2, 0) is 4.79 Å². The highest BCUT2D eigenvalue weighted by Gasteiger charge is 2.30. The van der Waals surface area contributed by atoms with Crippen LogP contribution in [0.25, 0.3) is 0 Å². The average molecular weight is 359 g/mol. The SMILES string of the molecule is Cl.N[C@@H]1CCC[C@H]1CC(=O)NC1c2ccccc2Oc2ccccc21. The molecule has 4 nitrogen and oxygen atoms in total. The number of fused-ring (bicyclic) bond motifs is 2. The lowest BCUT2D eigenvalue weighted by atomic mass is 9.93. The Bertz CT molecular complexity index is 719. The smallest absolute Gasteiger partial charge is 0.221 e. The Kier molecular flexibility index (Phi) is 5.30. The first-order valence-corrected chi connectivity index (χ1v) is 8.63. The molecule has 2 aromatic carbocycles. The first-order chi connectivity index (χ1) is 11.7. The maximum atomic E-state index is 12.6. The van der Waals surface area contributed by atoms with Crippen LogP contribution >= 0.6 is 12.4 Å². The summed E-state index contributed by atoms with van der Waals surface area (Å²) < 4.78 is 5.97. The third kappa shape index (κ3) is 3.51. The molecule has 0 unspecified atom stereocenters. The molecule has 1 aliphatic carbocycles. The van der Waals surface area contributed by atoms with Gasteiger partial charge in [-0.15, -0.1) is 12.4 Å². The van der Waals surface area contributed by atoms with Crippen molar-refractivity contribution in [2.75, 3.05) is 0 Å². The van der Waals surface area contributed by atoms with Crippen molar-refractivity contribution in [3.63, 3.8) is 0 Å². The van der Waals surface area contributed by atoms with E-state index in [9.17, 15) is 4.79 Å². The van der Waals surface area contributed by atoms with E-state index in [1.807, 2.05) is 48.5 Å². The van der Waals surface area contributed by atoms with Crippen LogP contribution in [0.3, 0.4) is 0 Å². The lowest BCUT2D eigenvalue weighted by Crippen LogP contribution is -2.35. The number of hydrogen-bond acceptors (Lipinski definition) is 3. The third-order valence-corrected chi connectivity index (χ3v) is 5.15. The largest absolute Gasteiger partial charge is 0.457 e. The van der Waals surface area contributed by atoms with Crippen LogP contribution in [0, 0.1) is 5.92 Å². The molecule has 25 heavy (non-hydrogen) atoms. The van der Waals surface area contributed by atoms with E-state index in [-0.39, 0.29) is 30.4 Å². The van der Waals surface area contributed by atoms with Gasteiger partial charge in [0.1, 0.15) is 11.5 Å². The molecule has 0 aromatic heterocycles. The second-order valence-corrected chi connectivity index (χ2v) is 6.74. The molecule has 1 aliphatic heterocycles. The zero-order valence-electron chi connectivity index (χ0n) is 14.0. The number of hydrogen-bond donors (Lipinski definition) is 2. The minimum atomic E-state index is -0.170. The summed E-state index contributed by atoms with van der Waals surface area (Å²) in [7, 11) is 0. The van der Waals surface area contributed by atoms with E-state index >= 15 is 0 Å². The molecule has 5 heteroatoms. The molecule has 1 amide bonds. The molecular weight excluding hydrogens is 336 g/mol. The van der Waals surface area contributed by atoms with Gasteiger partial charge in [-0.1, -0.05) is 42.8 Å². The Morgan fingerprint density at radius 1 is 1.04 bits per heavy atom. The molecule has 132 valence electrons. The monoisotopic (exact) mass is 358 g/mol. The van der Waals surface area contributed by atoms with Crippen molar-refractivity contribution in [3.8, 4) is 11.5 Å². The van der Waals surface area contributed by atoms with Crippen molar-refractivity contribution in [1.29, 1.82) is 0 Å². The lowest BCUT2D eigenvalue weighted by molar-refractivity contribution is -0.122. The topological polar surface area (TPSA) is 64.4 Å². The van der Waals surface area contributed by atoms with Gasteiger partial charge in [0, 0.05) is 23.6 Å². The fourth-order valence-electron chi connectivity index (χ4n) is 3.84. The Labute approximate surface area is 154 Å². The predicted molar refractivity (Wildman–Crippen MR) is 100 cm³/mol. The summed E-state index contributed by atoms with van der Waals surface area (Å²) in [6.07, 6.45) is 3.71. The second-order valence-electron chi connectivity index (χ2n) is 6.74. The van der Waals surface area contributed by atoms with Gasteiger partial charge in [0.15, 0.2) is 0 Å². The Morgan fingerprint density at radius 2 is 1.64 bits per heavy atom. The molecule has 1 heterocycles. The first kappa shape index (κ1) is 17.8. The number of nitrogens with one attached hydrogen (secondary N) is 1. The molecule has 0 saturated heterocycles. The van der Waals surface area contributed by atoms with Gasteiger partial charge in [0.25, 0.3) is 0 Å². The molecule has 3 N–H and O–H groups in total. The van der Waals surface area contributed by atoms with Crippen LogP contribution < -0.4 is 15.8 Å². The maximum Gasteiger partial charge on any atom is 0.221 e. The van der Waals surface area contributed by atoms with Crippen molar-refractivity contribution in [2.24, 2.45) is 11.7 Å². The third-order valence-electron chi connectivity index (χ3n) is 5.15. The van der Waals surface area contributed by atoms with E-state index in [2.05, 4.69) is 5.32 Å². The number of rotatable bonds is 3. The summed E-state index contributed by atoms with van der Waals surface area (Å²) in [6.45, 7) is 0. The van der Waals surface area contributed by atoms with Gasteiger partial charge in [0.05, 0.1) is 6.04 Å². The van der Waals surface area contributed by atoms with Gasteiger partial charge in [-0.05, 0) is 30.9 Å². The quantitative estimate of drug-likeness (QED) is 0.873. The predicted octanol–water partition coefficient (Wildman–Crippen LogP) is 3.94. The minimum Gasteiger partial charge on any atom is -0.457 e. The standard InChI is InChI=1S/C20H22N2O2.ClH/c21-16-9-5-6-13(16)12-19(23)22-20-14-7-1-3-10-17(14)24-18-11-4-2-8-15(18)20;/h1-4,7-8,10-11,13,16,20H,5-6,9,12,21H2,(H,22,23);1H/t13-,16+;/m0./s1. The fourth-order valence-corrected chi connectivity index (χ4v) is 3.84. The van der Waals surface area contributed by atoms with Crippen molar-refractivity contribution in [1.82, 2.24) is 5.32 Å². The first-order valence-electron chi connectivity index (χ1n) is 8.63. The van der Waals surface area contributed by atoms with E-state index < -0.39 is 0 Å². The maximum absolute atomic E-state index is 12.6. The number of benzene rings is 2. The Balaban J connectivity index is 0.00000182. The summed E-state index contributed by atoms with van der Waals surface area (Å²) in [5.74, 6) is 1.97. The molecule has 1 saturated carbocycles. The molecule has 2 atom stereocenters. The highest BCUT2D eigenvalue weighted by molar-refractivity contribution is 5.85. The van der Waals surface area contributed by atoms with Crippen LogP contribution in [0.4, 0.5) is 0 Å². The van der Waals surface area contributed by atoms with E-state index in [1.165, 1.54) is 0 Å². The normalized spacial score (nSPS) is 21.5. The van der Waals surface area contributed by atoms with Gasteiger partial charge in [-0.3, -0.25) is 4.79 Å². The number of carbonyl (C=O) groups is 1. The van der Waals surface area contributed by atoms with Crippen LogP contribution in [0.2, 0.25) is 0 Å². The van der Waals surface area contributed by atoms with Gasteiger partial charge < -0.3 is 15.8 Å². The van der Waals surface area contributed by atoms with Crippen LogP contribution in [0.15, 0.2) is 48.5 Å². The fraction of sp³-hybridized carbons (Fsp3) is 0.350. The van der Waals surface area contributed by atoms with Crippen molar-refractivity contribution < 1.29 is 9.53 Å². The van der Waals surface area contributed by atoms with Gasteiger partial charge >= 0.3 is 0 Å². The van der Waals surface area contributed by atoms with Crippen molar-refractivity contribution >= 4 is 18.3 Å². The molecule has 4 rings (SSSR count). The Hall–Kier alpha value is -2.04. The number of ether oxygens (including phenoxy) is 1. The van der Waals surface area contributed by atoms with Gasteiger partial charge in [0.2, 0.25) is 5.91 Å². The van der Waals surface area contributed by atoms with Gasteiger partial charge in [-0.2, -0.15) is 0 Å². The number of para-hydroxylation sites is 2. The summed E-state index contributed by atoms with van der Waals surface area (Å²) >= 11 is 0.